The molecule has 0 unspecified atom stereocenters. The summed E-state index contributed by atoms with van der Waals surface area (Å²) in [4.78, 5) is 23.2. The van der Waals surface area contributed by atoms with Gasteiger partial charge in [0.1, 0.15) is 0 Å². The summed E-state index contributed by atoms with van der Waals surface area (Å²) in [6.45, 7) is 0. The Bertz CT molecular complexity index is 937. The van der Waals surface area contributed by atoms with Crippen molar-refractivity contribution in [1.82, 2.24) is 9.13 Å². The summed E-state index contributed by atoms with van der Waals surface area (Å²) in [6.07, 6.45) is 0. The topological polar surface area (TPSA) is 76.3 Å². The predicted octanol–water partition coefficient (Wildman–Crippen LogP) is 2.32. The molecule has 112 valence electrons. The number of aromatic carboxylic acids is 1. The monoisotopic (exact) mass is 297 g/mol. The molecule has 0 spiro atoms. The Morgan fingerprint density at radius 2 is 1.73 bits per heavy atom. The van der Waals surface area contributed by atoms with Crippen LogP contribution in [0.25, 0.3) is 11.0 Å². The minimum atomic E-state index is -0.990. The summed E-state index contributed by atoms with van der Waals surface area (Å²) < 4.78 is 3.13. The van der Waals surface area contributed by atoms with Crippen LogP contribution in [0.15, 0.2) is 47.3 Å². The molecule has 0 fully saturated rings. The molecule has 3 rings (SSSR count). The van der Waals surface area contributed by atoms with Gasteiger partial charge < -0.3 is 10.4 Å². The van der Waals surface area contributed by atoms with E-state index in [2.05, 4.69) is 5.32 Å². The third-order valence-electron chi connectivity index (χ3n) is 3.71. The van der Waals surface area contributed by atoms with Crippen LogP contribution in [0.4, 0.5) is 11.4 Å². The highest BCUT2D eigenvalue weighted by molar-refractivity contribution is 5.95. The molecule has 0 amide bonds. The second-order valence-electron chi connectivity index (χ2n) is 5.08. The Kier molecular flexibility index (Phi) is 3.21. The molecule has 0 aliphatic carbocycles. The lowest BCUT2D eigenvalue weighted by molar-refractivity contribution is 0.0698. The van der Waals surface area contributed by atoms with Crippen molar-refractivity contribution in [3.05, 3.63) is 58.5 Å². The molecule has 1 aromatic heterocycles. The number of para-hydroxylation sites is 1. The highest BCUT2D eigenvalue weighted by atomic mass is 16.4. The van der Waals surface area contributed by atoms with E-state index < -0.39 is 5.97 Å². The summed E-state index contributed by atoms with van der Waals surface area (Å²) in [5, 5.41) is 12.3. The standard InChI is InChI=1S/C16H15N3O3/c1-18-13-8-7-10(9-14(13)19(2)16(18)22)17-12-6-4-3-5-11(12)15(20)21/h3-9,17H,1-2H3,(H,20,21). The summed E-state index contributed by atoms with van der Waals surface area (Å²) in [5.74, 6) is -0.990. The first-order chi connectivity index (χ1) is 10.5. The lowest BCUT2D eigenvalue weighted by Gasteiger charge is -2.09. The number of rotatable bonds is 3. The minimum absolute atomic E-state index is 0.0990. The number of benzene rings is 2. The number of nitrogens with zero attached hydrogens (tertiary/aromatic N) is 2. The smallest absolute Gasteiger partial charge is 0.337 e. The second kappa shape index (κ2) is 5.07. The molecule has 22 heavy (non-hydrogen) atoms. The maximum Gasteiger partial charge on any atom is 0.337 e. The SMILES string of the molecule is Cn1c(=O)n(C)c2cc(Nc3ccccc3C(=O)O)ccc21. The van der Waals surface area contributed by atoms with Gasteiger partial charge in [-0.2, -0.15) is 0 Å². The number of hydrogen-bond acceptors (Lipinski definition) is 3. The van der Waals surface area contributed by atoms with Gasteiger partial charge in [-0.25, -0.2) is 9.59 Å². The van der Waals surface area contributed by atoms with Gasteiger partial charge in [-0.3, -0.25) is 9.13 Å². The first-order valence-corrected chi connectivity index (χ1v) is 6.74. The van der Waals surface area contributed by atoms with Gasteiger partial charge in [-0.15, -0.1) is 0 Å². The number of aryl methyl sites for hydroxylation is 2. The third-order valence-corrected chi connectivity index (χ3v) is 3.71. The molecule has 2 aromatic carbocycles. The van der Waals surface area contributed by atoms with Crippen LogP contribution in [0, 0.1) is 0 Å². The largest absolute Gasteiger partial charge is 0.478 e. The number of carbonyl (C=O) groups is 1. The van der Waals surface area contributed by atoms with E-state index in [0.717, 1.165) is 16.7 Å². The molecule has 0 aliphatic heterocycles. The summed E-state index contributed by atoms with van der Waals surface area (Å²) in [7, 11) is 3.43. The molecule has 0 saturated carbocycles. The Morgan fingerprint density at radius 3 is 2.45 bits per heavy atom. The molecular formula is C16H15N3O3. The Morgan fingerprint density at radius 1 is 1.05 bits per heavy atom. The molecule has 0 bridgehead atoms. The van der Waals surface area contributed by atoms with Gasteiger partial charge >= 0.3 is 11.7 Å². The zero-order valence-corrected chi connectivity index (χ0v) is 12.2. The van der Waals surface area contributed by atoms with Crippen LogP contribution in [0.2, 0.25) is 0 Å². The van der Waals surface area contributed by atoms with Crippen LogP contribution < -0.4 is 11.0 Å². The van der Waals surface area contributed by atoms with Crippen LogP contribution >= 0.6 is 0 Å². The summed E-state index contributed by atoms with van der Waals surface area (Å²) in [6, 6.07) is 12.2. The predicted molar refractivity (Wildman–Crippen MR) is 84.8 cm³/mol. The van der Waals surface area contributed by atoms with E-state index >= 15 is 0 Å². The average molecular weight is 297 g/mol. The fourth-order valence-electron chi connectivity index (χ4n) is 2.52. The van der Waals surface area contributed by atoms with Gasteiger partial charge in [0.2, 0.25) is 0 Å². The Balaban J connectivity index is 2.07. The van der Waals surface area contributed by atoms with Crippen molar-refractivity contribution in [3.63, 3.8) is 0 Å². The number of aromatic nitrogens is 2. The molecular weight excluding hydrogens is 282 g/mol. The maximum absolute atomic E-state index is 11.9. The number of imidazole rings is 1. The van der Waals surface area contributed by atoms with E-state index in [0.29, 0.717) is 5.69 Å². The van der Waals surface area contributed by atoms with E-state index in [9.17, 15) is 14.7 Å². The minimum Gasteiger partial charge on any atom is -0.478 e. The highest BCUT2D eigenvalue weighted by Crippen LogP contribution is 2.24. The lowest BCUT2D eigenvalue weighted by Crippen LogP contribution is -2.19. The zero-order chi connectivity index (χ0) is 15.9. The second-order valence-corrected chi connectivity index (χ2v) is 5.08. The number of hydrogen-bond donors (Lipinski definition) is 2. The van der Waals surface area contributed by atoms with Crippen LogP contribution in [-0.4, -0.2) is 20.2 Å². The van der Waals surface area contributed by atoms with Crippen LogP contribution in [0.3, 0.4) is 0 Å². The molecule has 1 heterocycles. The van der Waals surface area contributed by atoms with Crippen molar-refractivity contribution >= 4 is 28.4 Å². The van der Waals surface area contributed by atoms with Gasteiger partial charge in [-0.1, -0.05) is 12.1 Å². The molecule has 0 saturated heterocycles. The first-order valence-electron chi connectivity index (χ1n) is 6.74. The molecule has 0 aliphatic rings. The molecule has 3 aromatic rings. The van der Waals surface area contributed by atoms with E-state index in [1.807, 2.05) is 18.2 Å². The Labute approximate surface area is 126 Å². The molecule has 6 nitrogen and oxygen atoms in total. The zero-order valence-electron chi connectivity index (χ0n) is 12.2. The van der Waals surface area contributed by atoms with Crippen molar-refractivity contribution in [1.29, 1.82) is 0 Å². The van der Waals surface area contributed by atoms with Crippen molar-refractivity contribution in [2.45, 2.75) is 0 Å². The average Bonchev–Trinajstić information content (AvgIpc) is 2.72. The van der Waals surface area contributed by atoms with Gasteiger partial charge in [-0.05, 0) is 30.3 Å². The maximum atomic E-state index is 11.9. The van der Waals surface area contributed by atoms with Crippen molar-refractivity contribution < 1.29 is 9.90 Å². The quantitative estimate of drug-likeness (QED) is 0.778. The fraction of sp³-hybridized carbons (Fsp3) is 0.125. The normalized spacial score (nSPS) is 10.8. The van der Waals surface area contributed by atoms with Crippen LogP contribution in [0.1, 0.15) is 10.4 Å². The fourth-order valence-corrected chi connectivity index (χ4v) is 2.52. The van der Waals surface area contributed by atoms with Gasteiger partial charge in [0.05, 0.1) is 22.3 Å². The molecule has 6 heteroatoms. The van der Waals surface area contributed by atoms with E-state index in [-0.39, 0.29) is 11.3 Å². The van der Waals surface area contributed by atoms with Gasteiger partial charge in [0, 0.05) is 19.8 Å². The molecule has 0 radical (unpaired) electrons. The molecule has 0 atom stereocenters. The van der Waals surface area contributed by atoms with Crippen LogP contribution in [-0.2, 0) is 14.1 Å². The number of fused-ring (bicyclic) bond motifs is 1. The summed E-state index contributed by atoms with van der Waals surface area (Å²) >= 11 is 0. The van der Waals surface area contributed by atoms with E-state index in [4.69, 9.17) is 0 Å². The number of carboxylic acids is 1. The first kappa shape index (κ1) is 13.9. The van der Waals surface area contributed by atoms with Crippen molar-refractivity contribution in [2.75, 3.05) is 5.32 Å². The lowest BCUT2D eigenvalue weighted by atomic mass is 10.1. The number of anilines is 2. The van der Waals surface area contributed by atoms with Crippen molar-refractivity contribution in [2.24, 2.45) is 14.1 Å². The number of nitrogens with one attached hydrogen (secondary N) is 1. The van der Waals surface area contributed by atoms with Gasteiger partial charge in [0.15, 0.2) is 0 Å². The van der Waals surface area contributed by atoms with E-state index in [1.165, 1.54) is 0 Å². The summed E-state index contributed by atoms with van der Waals surface area (Å²) in [5.41, 5.74) is 2.94. The van der Waals surface area contributed by atoms with E-state index in [1.54, 1.807) is 47.5 Å². The Hall–Kier alpha value is -3.02. The van der Waals surface area contributed by atoms with Crippen LogP contribution in [0.5, 0.6) is 0 Å². The van der Waals surface area contributed by atoms with Gasteiger partial charge in [0.25, 0.3) is 0 Å². The molecule has 2 N–H and O–H groups in total. The highest BCUT2D eigenvalue weighted by Gasteiger charge is 2.11. The number of carboxylic acid groups (broad SMARTS) is 1. The third kappa shape index (κ3) is 2.14. The van der Waals surface area contributed by atoms with Crippen molar-refractivity contribution in [3.8, 4) is 0 Å².